The average Bonchev–Trinajstić information content (AvgIpc) is 3.39. The van der Waals surface area contributed by atoms with E-state index in [9.17, 15) is 0 Å². The Morgan fingerprint density at radius 3 is 1.92 bits per heavy atom. The third-order valence-corrected chi connectivity index (χ3v) is 8.49. The van der Waals surface area contributed by atoms with Crippen LogP contribution in [0.3, 0.4) is 0 Å². The van der Waals surface area contributed by atoms with E-state index in [2.05, 4.69) is 157 Å². The molecular weight excluding hydrogens is 490 g/mol. The van der Waals surface area contributed by atoms with Crippen molar-refractivity contribution in [3.05, 3.63) is 163 Å². The molecule has 0 fully saturated rings. The average molecular weight is 518 g/mol. The zero-order valence-corrected chi connectivity index (χ0v) is 22.3. The van der Waals surface area contributed by atoms with E-state index in [1.54, 1.807) is 0 Å². The third kappa shape index (κ3) is 4.60. The van der Waals surface area contributed by atoms with Gasteiger partial charge in [-0.05, 0) is 65.1 Å². The highest BCUT2D eigenvalue weighted by Gasteiger charge is 2.18. The van der Waals surface area contributed by atoms with Crippen molar-refractivity contribution in [1.82, 2.24) is 0 Å². The van der Waals surface area contributed by atoms with Crippen LogP contribution in [-0.2, 0) is 6.42 Å². The van der Waals surface area contributed by atoms with Crippen molar-refractivity contribution in [3.8, 4) is 11.1 Å². The van der Waals surface area contributed by atoms with Crippen molar-refractivity contribution in [2.75, 3.05) is 4.90 Å². The largest absolute Gasteiger partial charge is 0.309 e. The topological polar surface area (TPSA) is 3.24 Å². The zero-order valence-electron chi connectivity index (χ0n) is 21.5. The van der Waals surface area contributed by atoms with E-state index in [1.807, 2.05) is 11.3 Å². The van der Waals surface area contributed by atoms with Crippen LogP contribution in [0.1, 0.15) is 11.1 Å². The highest BCUT2D eigenvalue weighted by atomic mass is 32.1. The van der Waals surface area contributed by atoms with Crippen molar-refractivity contribution >= 4 is 48.6 Å². The van der Waals surface area contributed by atoms with Crippen molar-refractivity contribution in [2.24, 2.45) is 0 Å². The molecule has 1 nitrogen and oxygen atoms in total. The number of thiophene rings is 1. The first-order valence-corrected chi connectivity index (χ1v) is 14.1. The molecule has 0 aliphatic heterocycles. The third-order valence-electron chi connectivity index (χ3n) is 7.28. The molecule has 6 aromatic carbocycles. The number of anilines is 3. The van der Waals surface area contributed by atoms with Gasteiger partial charge in [0.1, 0.15) is 0 Å². The van der Waals surface area contributed by atoms with Crippen LogP contribution < -0.4 is 4.90 Å². The van der Waals surface area contributed by atoms with Gasteiger partial charge in [-0.3, -0.25) is 0 Å². The fourth-order valence-corrected chi connectivity index (χ4v) is 6.61. The SMILES string of the molecule is c1ccc(Cc2cccc(N(c3ccc(-c4ccccc4)cc3)c3cccc4c3sc3ccccc34)c2)cc1. The van der Waals surface area contributed by atoms with Gasteiger partial charge >= 0.3 is 0 Å². The minimum atomic E-state index is 0.905. The van der Waals surface area contributed by atoms with Gasteiger partial charge in [0.05, 0.1) is 10.4 Å². The molecule has 0 spiro atoms. The summed E-state index contributed by atoms with van der Waals surface area (Å²) in [5, 5.41) is 2.62. The first kappa shape index (κ1) is 23.5. The summed E-state index contributed by atoms with van der Waals surface area (Å²) in [7, 11) is 0. The Balaban J connectivity index is 1.38. The Bertz CT molecular complexity index is 1870. The van der Waals surface area contributed by atoms with Crippen molar-refractivity contribution in [2.45, 2.75) is 6.42 Å². The zero-order chi connectivity index (χ0) is 26.0. The molecular formula is C37H27NS. The van der Waals surface area contributed by atoms with E-state index in [-0.39, 0.29) is 0 Å². The van der Waals surface area contributed by atoms with Crippen LogP contribution in [-0.4, -0.2) is 0 Å². The summed E-state index contributed by atoms with van der Waals surface area (Å²) in [5.41, 5.74) is 8.59. The van der Waals surface area contributed by atoms with E-state index >= 15 is 0 Å². The Morgan fingerprint density at radius 2 is 1.10 bits per heavy atom. The van der Waals surface area contributed by atoms with Crippen LogP contribution in [0, 0.1) is 0 Å². The van der Waals surface area contributed by atoms with Gasteiger partial charge in [0, 0.05) is 26.8 Å². The molecule has 0 aliphatic carbocycles. The minimum absolute atomic E-state index is 0.905. The molecule has 0 atom stereocenters. The summed E-state index contributed by atoms with van der Waals surface area (Å²) in [4.78, 5) is 2.42. The fourth-order valence-electron chi connectivity index (χ4n) is 5.41. The second-order valence-electron chi connectivity index (χ2n) is 9.83. The number of benzene rings is 6. The molecule has 0 saturated carbocycles. The Labute approximate surface area is 233 Å². The molecule has 7 rings (SSSR count). The lowest BCUT2D eigenvalue weighted by atomic mass is 10.0. The van der Waals surface area contributed by atoms with Crippen molar-refractivity contribution < 1.29 is 0 Å². The molecule has 7 aromatic rings. The Morgan fingerprint density at radius 1 is 0.462 bits per heavy atom. The van der Waals surface area contributed by atoms with Crippen LogP contribution in [0.15, 0.2) is 152 Å². The summed E-state index contributed by atoms with van der Waals surface area (Å²) in [6.07, 6.45) is 0.905. The fraction of sp³-hybridized carbons (Fsp3) is 0.0270. The molecule has 39 heavy (non-hydrogen) atoms. The number of hydrogen-bond donors (Lipinski definition) is 0. The number of hydrogen-bond acceptors (Lipinski definition) is 2. The Hall–Kier alpha value is -4.66. The predicted molar refractivity (Wildman–Crippen MR) is 169 cm³/mol. The first-order chi connectivity index (χ1) is 19.3. The van der Waals surface area contributed by atoms with Gasteiger partial charge in [-0.15, -0.1) is 11.3 Å². The van der Waals surface area contributed by atoms with Crippen LogP contribution in [0.2, 0.25) is 0 Å². The summed E-state index contributed by atoms with van der Waals surface area (Å²) in [6.45, 7) is 0. The molecule has 1 aromatic heterocycles. The maximum Gasteiger partial charge on any atom is 0.0640 e. The number of nitrogens with zero attached hydrogens (tertiary/aromatic N) is 1. The lowest BCUT2D eigenvalue weighted by Crippen LogP contribution is -2.10. The molecule has 0 amide bonds. The van der Waals surface area contributed by atoms with Gasteiger partial charge in [0.15, 0.2) is 0 Å². The second-order valence-corrected chi connectivity index (χ2v) is 10.9. The summed E-state index contributed by atoms with van der Waals surface area (Å²) < 4.78 is 2.62. The summed E-state index contributed by atoms with van der Waals surface area (Å²) >= 11 is 1.87. The maximum atomic E-state index is 2.42. The molecule has 2 heteroatoms. The summed E-state index contributed by atoms with van der Waals surface area (Å²) in [5.74, 6) is 0. The van der Waals surface area contributed by atoms with Gasteiger partial charge in [-0.2, -0.15) is 0 Å². The number of rotatable bonds is 6. The normalized spacial score (nSPS) is 11.2. The highest BCUT2D eigenvalue weighted by molar-refractivity contribution is 7.26. The smallest absolute Gasteiger partial charge is 0.0640 e. The lowest BCUT2D eigenvalue weighted by molar-refractivity contribution is 1.18. The van der Waals surface area contributed by atoms with E-state index in [4.69, 9.17) is 0 Å². The highest BCUT2D eigenvalue weighted by Crippen LogP contribution is 2.45. The van der Waals surface area contributed by atoms with Gasteiger partial charge in [-0.1, -0.05) is 115 Å². The van der Waals surface area contributed by atoms with Crippen LogP contribution in [0.25, 0.3) is 31.3 Å². The molecule has 0 unspecified atom stereocenters. The van der Waals surface area contributed by atoms with Gasteiger partial charge in [0.2, 0.25) is 0 Å². The first-order valence-electron chi connectivity index (χ1n) is 13.3. The number of fused-ring (bicyclic) bond motifs is 3. The van der Waals surface area contributed by atoms with Crippen molar-refractivity contribution in [3.63, 3.8) is 0 Å². The van der Waals surface area contributed by atoms with Crippen LogP contribution in [0.4, 0.5) is 17.1 Å². The second kappa shape index (κ2) is 10.2. The molecule has 186 valence electrons. The maximum absolute atomic E-state index is 2.42. The van der Waals surface area contributed by atoms with E-state index in [0.29, 0.717) is 0 Å². The molecule has 0 radical (unpaired) electrons. The molecule has 0 aliphatic rings. The minimum Gasteiger partial charge on any atom is -0.309 e. The monoisotopic (exact) mass is 517 g/mol. The van der Waals surface area contributed by atoms with Crippen molar-refractivity contribution in [1.29, 1.82) is 0 Å². The van der Waals surface area contributed by atoms with Gasteiger partial charge in [0.25, 0.3) is 0 Å². The van der Waals surface area contributed by atoms with Crippen LogP contribution >= 0.6 is 11.3 Å². The predicted octanol–water partition coefficient (Wildman–Crippen LogP) is 10.8. The summed E-state index contributed by atoms with van der Waals surface area (Å²) in [6, 6.07) is 54.6. The van der Waals surface area contributed by atoms with E-state index < -0.39 is 0 Å². The van der Waals surface area contributed by atoms with Gasteiger partial charge in [-0.25, -0.2) is 0 Å². The quantitative estimate of drug-likeness (QED) is 0.212. The molecule has 0 saturated heterocycles. The molecule has 0 bridgehead atoms. The standard InChI is InChI=1S/C37H27NS/c1-3-11-27(12-4-1)25-28-13-9-16-32(26-28)38(31-23-21-30(22-24-31)29-14-5-2-6-15-29)35-19-10-18-34-33-17-7-8-20-36(33)39-37(34)35/h1-24,26H,25H2. The van der Waals surface area contributed by atoms with Gasteiger partial charge < -0.3 is 4.90 Å². The van der Waals surface area contributed by atoms with E-state index in [1.165, 1.54) is 53.8 Å². The molecule has 1 heterocycles. The van der Waals surface area contributed by atoms with Crippen LogP contribution in [0.5, 0.6) is 0 Å². The molecule has 0 N–H and O–H groups in total. The lowest BCUT2D eigenvalue weighted by Gasteiger charge is -2.27. The Kier molecular flexibility index (Phi) is 6.16. The van der Waals surface area contributed by atoms with E-state index in [0.717, 1.165) is 12.1 Å².